The molecule has 1 rings (SSSR count). The molecule has 0 saturated carbocycles. The maximum Gasteiger partial charge on any atom is 0.256 e. The first-order chi connectivity index (χ1) is 13.3. The summed E-state index contributed by atoms with van der Waals surface area (Å²) < 4.78 is 5.13. The van der Waals surface area contributed by atoms with Gasteiger partial charge in [0, 0.05) is 6.42 Å². The number of aromatic nitrogens is 2. The van der Waals surface area contributed by atoms with Crippen molar-refractivity contribution in [2.45, 2.75) is 143 Å². The van der Waals surface area contributed by atoms with E-state index in [1.807, 2.05) is 0 Å². The second kappa shape index (κ2) is 17.3. The molecule has 158 valence electrons. The predicted molar refractivity (Wildman–Crippen MR) is 119 cm³/mol. The maximum absolute atomic E-state index is 2.57. The summed E-state index contributed by atoms with van der Waals surface area (Å²) in [6.07, 6.45) is 28.1. The third-order valence-electron chi connectivity index (χ3n) is 5.85. The number of imidazole rings is 1. The van der Waals surface area contributed by atoms with Crippen LogP contribution in [0, 0.1) is 0 Å². The van der Waals surface area contributed by atoms with Gasteiger partial charge in [-0.05, 0) is 32.1 Å². The van der Waals surface area contributed by atoms with Gasteiger partial charge in [0.2, 0.25) is 0 Å². The average Bonchev–Trinajstić information content (AvgIpc) is 3.06. The van der Waals surface area contributed by atoms with Crippen molar-refractivity contribution in [1.29, 1.82) is 0 Å². The maximum atomic E-state index is 2.57. The largest absolute Gasteiger partial charge is 0.256 e. The van der Waals surface area contributed by atoms with E-state index >= 15 is 0 Å². The van der Waals surface area contributed by atoms with Crippen molar-refractivity contribution in [2.75, 3.05) is 0 Å². The highest BCUT2D eigenvalue weighted by Crippen LogP contribution is 2.12. The number of rotatable bonds is 19. The Morgan fingerprint density at radius 1 is 0.630 bits per heavy atom. The monoisotopic (exact) mass is 377 g/mol. The van der Waals surface area contributed by atoms with Crippen molar-refractivity contribution in [1.82, 2.24) is 4.57 Å². The van der Waals surface area contributed by atoms with E-state index in [1.54, 1.807) is 5.82 Å². The lowest BCUT2D eigenvalue weighted by Crippen LogP contribution is -2.37. The van der Waals surface area contributed by atoms with Crippen molar-refractivity contribution in [3.63, 3.8) is 0 Å². The second-order valence-corrected chi connectivity index (χ2v) is 8.45. The van der Waals surface area contributed by atoms with Crippen molar-refractivity contribution < 1.29 is 4.57 Å². The molecule has 2 nitrogen and oxygen atoms in total. The minimum Gasteiger partial charge on any atom is -0.234 e. The fourth-order valence-corrected chi connectivity index (χ4v) is 4.03. The molecule has 0 unspecified atom stereocenters. The van der Waals surface area contributed by atoms with Crippen LogP contribution in [0.25, 0.3) is 0 Å². The Bertz CT molecular complexity index is 406. The molecule has 0 fully saturated rings. The van der Waals surface area contributed by atoms with Crippen LogP contribution in [0.15, 0.2) is 12.4 Å². The molecule has 1 heterocycles. The lowest BCUT2D eigenvalue weighted by molar-refractivity contribution is -0.704. The summed E-state index contributed by atoms with van der Waals surface area (Å²) in [5.41, 5.74) is 0. The van der Waals surface area contributed by atoms with Crippen molar-refractivity contribution >= 4 is 0 Å². The van der Waals surface area contributed by atoms with E-state index in [9.17, 15) is 0 Å². The number of hydrogen-bond donors (Lipinski definition) is 0. The fraction of sp³-hybridized carbons (Fsp3) is 0.880. The second-order valence-electron chi connectivity index (χ2n) is 8.45. The minimum atomic E-state index is 1.22. The molecule has 0 amide bonds. The van der Waals surface area contributed by atoms with Gasteiger partial charge in [0.15, 0.2) is 0 Å². The van der Waals surface area contributed by atoms with Gasteiger partial charge in [-0.2, -0.15) is 0 Å². The van der Waals surface area contributed by atoms with Gasteiger partial charge in [-0.15, -0.1) is 0 Å². The van der Waals surface area contributed by atoms with E-state index in [4.69, 9.17) is 0 Å². The van der Waals surface area contributed by atoms with Crippen LogP contribution < -0.4 is 4.57 Å². The summed E-state index contributed by atoms with van der Waals surface area (Å²) in [5.74, 6) is 1.59. The van der Waals surface area contributed by atoms with E-state index in [2.05, 4.69) is 42.3 Å². The van der Waals surface area contributed by atoms with Crippen molar-refractivity contribution in [3.8, 4) is 0 Å². The molecule has 0 spiro atoms. The van der Waals surface area contributed by atoms with Gasteiger partial charge < -0.3 is 0 Å². The molecule has 0 aliphatic carbocycles. The molecular formula is C25H49N2+. The van der Waals surface area contributed by atoms with Crippen LogP contribution in [0.3, 0.4) is 0 Å². The average molecular weight is 378 g/mol. The quantitative estimate of drug-likeness (QED) is 0.173. The van der Waals surface area contributed by atoms with Crippen LogP contribution in [-0.4, -0.2) is 4.57 Å². The Kier molecular flexibility index (Phi) is 15.6. The molecule has 27 heavy (non-hydrogen) atoms. The Hall–Kier alpha value is -0.790. The van der Waals surface area contributed by atoms with Gasteiger partial charge in [-0.3, -0.25) is 0 Å². The van der Waals surface area contributed by atoms with Crippen molar-refractivity contribution in [3.05, 3.63) is 18.2 Å². The number of aryl methyl sites for hydroxylation is 2. The van der Waals surface area contributed by atoms with Gasteiger partial charge >= 0.3 is 0 Å². The van der Waals surface area contributed by atoms with Crippen LogP contribution >= 0.6 is 0 Å². The summed E-state index contributed by atoms with van der Waals surface area (Å²) in [4.78, 5) is 0. The third-order valence-corrected chi connectivity index (χ3v) is 5.85. The van der Waals surface area contributed by atoms with E-state index in [0.29, 0.717) is 0 Å². The van der Waals surface area contributed by atoms with Crippen LogP contribution in [0.5, 0.6) is 0 Å². The molecule has 2 heteroatoms. The molecule has 0 aliphatic rings. The molecule has 0 N–H and O–H groups in total. The zero-order valence-corrected chi connectivity index (χ0v) is 19.0. The first-order valence-electron chi connectivity index (χ1n) is 12.4. The Morgan fingerprint density at radius 3 is 1.78 bits per heavy atom. The normalized spacial score (nSPS) is 11.4. The molecular weight excluding hydrogens is 328 g/mol. The highest BCUT2D eigenvalue weighted by atomic mass is 15.1. The summed E-state index contributed by atoms with van der Waals surface area (Å²) in [6.45, 7) is 9.33. The zero-order chi connectivity index (χ0) is 19.6. The first-order valence-corrected chi connectivity index (χ1v) is 12.4. The summed E-state index contributed by atoms with van der Waals surface area (Å²) in [5, 5.41) is 0. The predicted octanol–water partition coefficient (Wildman–Crippen LogP) is 7.62. The van der Waals surface area contributed by atoms with E-state index in [0.717, 1.165) is 0 Å². The summed E-state index contributed by atoms with van der Waals surface area (Å²) in [6, 6.07) is 0. The summed E-state index contributed by atoms with van der Waals surface area (Å²) in [7, 11) is 0. The topological polar surface area (TPSA) is 8.81 Å². The van der Waals surface area contributed by atoms with Crippen LogP contribution in [-0.2, 0) is 19.5 Å². The van der Waals surface area contributed by atoms with Gasteiger partial charge in [0.25, 0.3) is 5.82 Å². The van der Waals surface area contributed by atoms with E-state index in [1.165, 1.54) is 122 Å². The number of nitrogens with zero attached hydrogens (tertiary/aromatic N) is 2. The summed E-state index contributed by atoms with van der Waals surface area (Å²) >= 11 is 0. The van der Waals surface area contributed by atoms with Crippen LogP contribution in [0.1, 0.15) is 129 Å². The molecule has 1 aromatic heterocycles. The minimum absolute atomic E-state index is 1.22. The Morgan fingerprint density at radius 2 is 1.15 bits per heavy atom. The fourth-order valence-electron chi connectivity index (χ4n) is 4.03. The van der Waals surface area contributed by atoms with Gasteiger partial charge in [-0.25, -0.2) is 9.13 Å². The van der Waals surface area contributed by atoms with Gasteiger partial charge in [-0.1, -0.05) is 91.4 Å². The van der Waals surface area contributed by atoms with Gasteiger partial charge in [0.05, 0.1) is 13.1 Å². The molecule has 0 aromatic carbocycles. The number of unbranched alkanes of at least 4 members (excludes halogenated alkanes) is 13. The lowest BCUT2D eigenvalue weighted by Gasteiger charge is -2.06. The van der Waals surface area contributed by atoms with Gasteiger partial charge in [0.1, 0.15) is 12.4 Å². The number of hydrogen-bond acceptors (Lipinski definition) is 0. The molecule has 0 bridgehead atoms. The molecule has 0 saturated heterocycles. The first kappa shape index (κ1) is 24.2. The van der Waals surface area contributed by atoms with Crippen molar-refractivity contribution in [2.24, 2.45) is 0 Å². The smallest absolute Gasteiger partial charge is 0.234 e. The Balaban J connectivity index is 2.41. The SMILES string of the molecule is CCCCCCCCCCc1n(CCCCCC)cc[n+]1CCCCCC. The van der Waals surface area contributed by atoms with Crippen LogP contribution in [0.4, 0.5) is 0 Å². The molecule has 0 aliphatic heterocycles. The molecule has 1 aromatic rings. The van der Waals surface area contributed by atoms with E-state index in [-0.39, 0.29) is 0 Å². The Labute approximate surface area is 170 Å². The molecule has 0 radical (unpaired) electrons. The van der Waals surface area contributed by atoms with E-state index < -0.39 is 0 Å². The standard InChI is InChI=1S/C25H49N2/c1-4-7-10-13-14-15-16-17-20-25-26(21-18-11-8-5-2)23-24-27(25)22-19-12-9-6-3/h23-24H,4-22H2,1-3H3/q+1. The highest BCUT2D eigenvalue weighted by Gasteiger charge is 2.16. The highest BCUT2D eigenvalue weighted by molar-refractivity contribution is 4.84. The van der Waals surface area contributed by atoms with Crippen LogP contribution in [0.2, 0.25) is 0 Å². The lowest BCUT2D eigenvalue weighted by atomic mass is 10.1. The zero-order valence-electron chi connectivity index (χ0n) is 19.0. The third kappa shape index (κ3) is 11.6. The molecule has 0 atom stereocenters.